The van der Waals surface area contributed by atoms with Crippen LogP contribution in [0.5, 0.6) is 0 Å². The van der Waals surface area contributed by atoms with Crippen molar-refractivity contribution in [3.05, 3.63) is 89.1 Å². The maximum Gasteiger partial charge on any atom is 0.227 e. The van der Waals surface area contributed by atoms with Gasteiger partial charge in [0.05, 0.1) is 19.2 Å². The Morgan fingerprint density at radius 2 is 1.88 bits per heavy atom. The molecular weight excluding hydrogens is 324 g/mol. The van der Waals surface area contributed by atoms with Gasteiger partial charge in [0, 0.05) is 24.0 Å². The van der Waals surface area contributed by atoms with Gasteiger partial charge in [-0.2, -0.15) is 0 Å². The van der Waals surface area contributed by atoms with E-state index in [2.05, 4.69) is 4.98 Å². The van der Waals surface area contributed by atoms with Crippen LogP contribution >= 0.6 is 11.6 Å². The van der Waals surface area contributed by atoms with Gasteiger partial charge in [-0.3, -0.25) is 9.78 Å². The van der Waals surface area contributed by atoms with E-state index in [4.69, 9.17) is 16.0 Å². The minimum absolute atomic E-state index is 0.0255. The number of hydrogen-bond donors (Lipinski definition) is 0. The second-order valence-corrected chi connectivity index (χ2v) is 5.93. The van der Waals surface area contributed by atoms with Crippen LogP contribution in [0.1, 0.15) is 16.9 Å². The molecule has 4 nitrogen and oxygen atoms in total. The van der Waals surface area contributed by atoms with E-state index < -0.39 is 0 Å². The SMILES string of the molecule is O=C(Cc1ccc(Cl)cc1)N(Cc1cccnc1)Cc1ccco1. The first-order chi connectivity index (χ1) is 11.7. The quantitative estimate of drug-likeness (QED) is 0.678. The standard InChI is InChI=1S/C19H17ClN2O2/c20-17-7-5-15(6-8-17)11-19(23)22(14-18-4-2-10-24-18)13-16-3-1-9-21-12-16/h1-10,12H,11,13-14H2. The summed E-state index contributed by atoms with van der Waals surface area (Å²) in [6, 6.07) is 14.8. The highest BCUT2D eigenvalue weighted by atomic mass is 35.5. The summed E-state index contributed by atoms with van der Waals surface area (Å²) in [4.78, 5) is 18.6. The van der Waals surface area contributed by atoms with Gasteiger partial charge in [0.2, 0.25) is 5.91 Å². The number of furan rings is 1. The molecule has 122 valence electrons. The monoisotopic (exact) mass is 340 g/mol. The number of hydrogen-bond acceptors (Lipinski definition) is 3. The van der Waals surface area contributed by atoms with Gasteiger partial charge in [-0.25, -0.2) is 0 Å². The van der Waals surface area contributed by atoms with E-state index in [0.29, 0.717) is 24.5 Å². The minimum atomic E-state index is 0.0255. The van der Waals surface area contributed by atoms with Crippen molar-refractivity contribution in [2.45, 2.75) is 19.5 Å². The van der Waals surface area contributed by atoms with Crippen molar-refractivity contribution in [1.29, 1.82) is 0 Å². The van der Waals surface area contributed by atoms with Crippen molar-refractivity contribution in [1.82, 2.24) is 9.88 Å². The number of halogens is 1. The van der Waals surface area contributed by atoms with Crippen LogP contribution in [0.4, 0.5) is 0 Å². The maximum atomic E-state index is 12.8. The summed E-state index contributed by atoms with van der Waals surface area (Å²) in [6.45, 7) is 0.912. The highest BCUT2D eigenvalue weighted by Gasteiger charge is 2.16. The molecule has 0 unspecified atom stereocenters. The molecule has 0 aliphatic carbocycles. The van der Waals surface area contributed by atoms with E-state index in [0.717, 1.165) is 16.9 Å². The highest BCUT2D eigenvalue weighted by molar-refractivity contribution is 6.30. The Labute approximate surface area is 145 Å². The number of rotatable bonds is 6. The van der Waals surface area contributed by atoms with Gasteiger partial charge in [-0.05, 0) is 41.5 Å². The summed E-state index contributed by atoms with van der Waals surface area (Å²) in [6.07, 6.45) is 5.42. The van der Waals surface area contributed by atoms with Crippen LogP contribution in [0.2, 0.25) is 5.02 Å². The van der Waals surface area contributed by atoms with Crippen LogP contribution in [0, 0.1) is 0 Å². The lowest BCUT2D eigenvalue weighted by atomic mass is 10.1. The highest BCUT2D eigenvalue weighted by Crippen LogP contribution is 2.14. The van der Waals surface area contributed by atoms with Gasteiger partial charge in [-0.1, -0.05) is 29.8 Å². The van der Waals surface area contributed by atoms with Gasteiger partial charge in [0.15, 0.2) is 0 Å². The Kier molecular flexibility index (Phi) is 5.29. The Balaban J connectivity index is 1.74. The predicted molar refractivity (Wildman–Crippen MR) is 92.4 cm³/mol. The smallest absolute Gasteiger partial charge is 0.227 e. The zero-order valence-electron chi connectivity index (χ0n) is 13.1. The first-order valence-corrected chi connectivity index (χ1v) is 8.02. The van der Waals surface area contributed by atoms with Crippen molar-refractivity contribution < 1.29 is 9.21 Å². The Bertz CT molecular complexity index is 771. The zero-order chi connectivity index (χ0) is 16.8. The molecule has 2 aromatic heterocycles. The number of carbonyl (C=O) groups excluding carboxylic acids is 1. The van der Waals surface area contributed by atoms with Crippen molar-refractivity contribution in [2.75, 3.05) is 0 Å². The average molecular weight is 341 g/mol. The molecule has 0 aliphatic rings. The second-order valence-electron chi connectivity index (χ2n) is 5.49. The van der Waals surface area contributed by atoms with Crippen LogP contribution in [-0.2, 0) is 24.3 Å². The molecule has 24 heavy (non-hydrogen) atoms. The molecular formula is C19H17ClN2O2. The van der Waals surface area contributed by atoms with E-state index in [1.54, 1.807) is 35.7 Å². The Morgan fingerprint density at radius 1 is 1.04 bits per heavy atom. The third-order valence-electron chi connectivity index (χ3n) is 3.64. The van der Waals surface area contributed by atoms with Crippen LogP contribution in [0.3, 0.4) is 0 Å². The van der Waals surface area contributed by atoms with Gasteiger partial charge < -0.3 is 9.32 Å². The predicted octanol–water partition coefficient (Wildman–Crippen LogP) is 4.10. The molecule has 0 atom stereocenters. The van der Waals surface area contributed by atoms with Crippen LogP contribution in [0.15, 0.2) is 71.6 Å². The lowest BCUT2D eigenvalue weighted by molar-refractivity contribution is -0.132. The molecule has 0 radical (unpaired) electrons. The van der Waals surface area contributed by atoms with Crippen molar-refractivity contribution in [2.24, 2.45) is 0 Å². The first-order valence-electron chi connectivity index (χ1n) is 7.64. The molecule has 0 bridgehead atoms. The van der Waals surface area contributed by atoms with Gasteiger partial charge in [-0.15, -0.1) is 0 Å². The third-order valence-corrected chi connectivity index (χ3v) is 3.90. The summed E-state index contributed by atoms with van der Waals surface area (Å²) < 4.78 is 5.39. The lowest BCUT2D eigenvalue weighted by Crippen LogP contribution is -2.31. The van der Waals surface area contributed by atoms with Crippen LogP contribution in [-0.4, -0.2) is 15.8 Å². The molecule has 0 fully saturated rings. The number of benzene rings is 1. The zero-order valence-corrected chi connectivity index (χ0v) is 13.8. The maximum absolute atomic E-state index is 12.8. The van der Waals surface area contributed by atoms with E-state index >= 15 is 0 Å². The molecule has 1 amide bonds. The molecule has 3 aromatic rings. The summed E-state index contributed by atoms with van der Waals surface area (Å²) in [5.74, 6) is 0.779. The largest absolute Gasteiger partial charge is 0.467 e. The van der Waals surface area contributed by atoms with E-state index in [-0.39, 0.29) is 5.91 Å². The molecule has 1 aromatic carbocycles. The Morgan fingerprint density at radius 3 is 2.54 bits per heavy atom. The minimum Gasteiger partial charge on any atom is -0.467 e. The number of aromatic nitrogens is 1. The van der Waals surface area contributed by atoms with Crippen LogP contribution in [0.25, 0.3) is 0 Å². The van der Waals surface area contributed by atoms with Crippen molar-refractivity contribution in [3.63, 3.8) is 0 Å². The number of amides is 1. The fourth-order valence-electron chi connectivity index (χ4n) is 2.42. The molecule has 0 N–H and O–H groups in total. The lowest BCUT2D eigenvalue weighted by Gasteiger charge is -2.22. The fourth-order valence-corrected chi connectivity index (χ4v) is 2.55. The fraction of sp³-hybridized carbons (Fsp3) is 0.158. The Hall–Kier alpha value is -2.59. The topological polar surface area (TPSA) is 46.3 Å². The molecule has 0 spiro atoms. The second kappa shape index (κ2) is 7.79. The average Bonchev–Trinajstić information content (AvgIpc) is 3.10. The van der Waals surface area contributed by atoms with Crippen molar-refractivity contribution >= 4 is 17.5 Å². The first kappa shape index (κ1) is 16.3. The van der Waals surface area contributed by atoms with Gasteiger partial charge in [0.1, 0.15) is 5.76 Å². The van der Waals surface area contributed by atoms with E-state index in [1.807, 2.05) is 36.4 Å². The summed E-state index contributed by atoms with van der Waals surface area (Å²) in [7, 11) is 0. The molecule has 2 heterocycles. The summed E-state index contributed by atoms with van der Waals surface area (Å²) in [5, 5.41) is 0.661. The molecule has 3 rings (SSSR count). The number of pyridine rings is 1. The van der Waals surface area contributed by atoms with Crippen molar-refractivity contribution in [3.8, 4) is 0 Å². The molecule has 0 aliphatic heterocycles. The summed E-state index contributed by atoms with van der Waals surface area (Å²) >= 11 is 5.90. The van der Waals surface area contributed by atoms with E-state index in [1.165, 1.54) is 0 Å². The molecule has 0 saturated heterocycles. The normalized spacial score (nSPS) is 10.5. The van der Waals surface area contributed by atoms with E-state index in [9.17, 15) is 4.79 Å². The number of carbonyl (C=O) groups is 1. The van der Waals surface area contributed by atoms with Crippen LogP contribution < -0.4 is 0 Å². The van der Waals surface area contributed by atoms with Gasteiger partial charge >= 0.3 is 0 Å². The number of nitrogens with zero attached hydrogens (tertiary/aromatic N) is 2. The molecule has 5 heteroatoms. The summed E-state index contributed by atoms with van der Waals surface area (Å²) in [5.41, 5.74) is 1.91. The third kappa shape index (κ3) is 4.46. The van der Waals surface area contributed by atoms with Gasteiger partial charge in [0.25, 0.3) is 0 Å². The molecule has 0 saturated carbocycles.